The molecule has 0 heterocycles. The second kappa shape index (κ2) is 9.79. The molecule has 0 radical (unpaired) electrons. The van der Waals surface area contributed by atoms with E-state index in [4.69, 9.17) is 9.29 Å². The molecular formula is C16H26O4S. The summed E-state index contributed by atoms with van der Waals surface area (Å²) in [4.78, 5) is -0.109. The number of rotatable bonds is 11. The lowest BCUT2D eigenvalue weighted by atomic mass is 10.1. The molecule has 120 valence electrons. The molecule has 0 bridgehead atoms. The molecule has 0 aliphatic heterocycles. The van der Waals surface area contributed by atoms with E-state index in [1.54, 1.807) is 12.1 Å². The Balaban J connectivity index is 2.10. The maximum atomic E-state index is 10.9. The van der Waals surface area contributed by atoms with E-state index in [0.29, 0.717) is 12.4 Å². The summed E-state index contributed by atoms with van der Waals surface area (Å²) in [5, 5.41) is 0. The Bertz CT molecular complexity index is 480. The Labute approximate surface area is 128 Å². The molecule has 0 saturated heterocycles. The van der Waals surface area contributed by atoms with Crippen molar-refractivity contribution in [1.82, 2.24) is 0 Å². The van der Waals surface area contributed by atoms with Crippen LogP contribution in [0.5, 0.6) is 5.75 Å². The van der Waals surface area contributed by atoms with Crippen molar-refractivity contribution in [2.45, 2.75) is 63.2 Å². The fourth-order valence-corrected chi connectivity index (χ4v) is 2.61. The zero-order valence-corrected chi connectivity index (χ0v) is 13.6. The predicted molar refractivity (Wildman–Crippen MR) is 84.4 cm³/mol. The lowest BCUT2D eigenvalue weighted by Crippen LogP contribution is -2.00. The van der Waals surface area contributed by atoms with Crippen LogP contribution in [-0.2, 0) is 10.1 Å². The van der Waals surface area contributed by atoms with Gasteiger partial charge in [-0.05, 0) is 30.7 Å². The number of hydrogen-bond acceptors (Lipinski definition) is 3. The van der Waals surface area contributed by atoms with Gasteiger partial charge in [-0.1, -0.05) is 51.9 Å². The van der Waals surface area contributed by atoms with Gasteiger partial charge in [0, 0.05) is 0 Å². The highest BCUT2D eigenvalue weighted by molar-refractivity contribution is 7.85. The molecule has 0 atom stereocenters. The molecule has 5 heteroatoms. The summed E-state index contributed by atoms with van der Waals surface area (Å²) in [6.45, 7) is 2.86. The van der Waals surface area contributed by atoms with Gasteiger partial charge in [-0.15, -0.1) is 0 Å². The minimum Gasteiger partial charge on any atom is -0.494 e. The summed E-state index contributed by atoms with van der Waals surface area (Å²) >= 11 is 0. The van der Waals surface area contributed by atoms with E-state index in [0.717, 1.165) is 12.8 Å². The van der Waals surface area contributed by atoms with Crippen LogP contribution in [0.1, 0.15) is 58.3 Å². The summed E-state index contributed by atoms with van der Waals surface area (Å²) in [6, 6.07) is 5.82. The lowest BCUT2D eigenvalue weighted by Gasteiger charge is -2.06. The van der Waals surface area contributed by atoms with Gasteiger partial charge in [-0.3, -0.25) is 4.55 Å². The van der Waals surface area contributed by atoms with Crippen molar-refractivity contribution in [2.24, 2.45) is 0 Å². The molecule has 1 aromatic carbocycles. The highest BCUT2D eigenvalue weighted by atomic mass is 32.2. The van der Waals surface area contributed by atoms with Crippen LogP contribution >= 0.6 is 0 Å². The minimum absolute atomic E-state index is 0.109. The Morgan fingerprint density at radius 2 is 1.43 bits per heavy atom. The van der Waals surface area contributed by atoms with Gasteiger partial charge in [-0.2, -0.15) is 8.42 Å². The Morgan fingerprint density at radius 3 is 1.95 bits per heavy atom. The monoisotopic (exact) mass is 314 g/mol. The highest BCUT2D eigenvalue weighted by Gasteiger charge is 2.08. The first-order valence-corrected chi connectivity index (χ1v) is 9.18. The van der Waals surface area contributed by atoms with Gasteiger partial charge in [0.2, 0.25) is 0 Å². The molecule has 0 spiro atoms. The minimum atomic E-state index is -4.12. The topological polar surface area (TPSA) is 63.6 Å². The largest absolute Gasteiger partial charge is 0.494 e. The Hall–Kier alpha value is -1.07. The van der Waals surface area contributed by atoms with E-state index in [1.165, 1.54) is 50.7 Å². The Kier molecular flexibility index (Phi) is 8.38. The van der Waals surface area contributed by atoms with E-state index in [-0.39, 0.29) is 4.90 Å². The molecular weight excluding hydrogens is 288 g/mol. The second-order valence-electron chi connectivity index (χ2n) is 5.27. The van der Waals surface area contributed by atoms with Crippen LogP contribution < -0.4 is 4.74 Å². The summed E-state index contributed by atoms with van der Waals surface area (Å²) in [7, 11) is -4.12. The van der Waals surface area contributed by atoms with Crippen LogP contribution in [0.4, 0.5) is 0 Å². The zero-order chi connectivity index (χ0) is 15.6. The smallest absolute Gasteiger partial charge is 0.294 e. The maximum absolute atomic E-state index is 10.9. The predicted octanol–water partition coefficient (Wildman–Crippen LogP) is 4.45. The Morgan fingerprint density at radius 1 is 0.905 bits per heavy atom. The quantitative estimate of drug-likeness (QED) is 0.484. The van der Waals surface area contributed by atoms with E-state index in [1.807, 2.05) is 0 Å². The normalized spacial score (nSPS) is 11.5. The molecule has 1 aromatic rings. The fraction of sp³-hybridized carbons (Fsp3) is 0.625. The molecule has 0 unspecified atom stereocenters. The van der Waals surface area contributed by atoms with Crippen LogP contribution in [-0.4, -0.2) is 19.6 Å². The average Bonchev–Trinajstić information content (AvgIpc) is 2.45. The highest BCUT2D eigenvalue weighted by Crippen LogP contribution is 2.16. The number of ether oxygens (including phenoxy) is 1. The van der Waals surface area contributed by atoms with Gasteiger partial charge >= 0.3 is 0 Å². The van der Waals surface area contributed by atoms with Crippen molar-refractivity contribution in [2.75, 3.05) is 6.61 Å². The first-order chi connectivity index (χ1) is 10.0. The third-order valence-corrected chi connectivity index (χ3v) is 4.26. The fourth-order valence-electron chi connectivity index (χ4n) is 2.13. The van der Waals surface area contributed by atoms with E-state index in [9.17, 15) is 8.42 Å². The molecule has 21 heavy (non-hydrogen) atoms. The lowest BCUT2D eigenvalue weighted by molar-refractivity contribution is 0.304. The summed E-state index contributed by atoms with van der Waals surface area (Å²) in [5.74, 6) is 0.630. The molecule has 0 fully saturated rings. The molecule has 0 amide bonds. The van der Waals surface area contributed by atoms with E-state index < -0.39 is 10.1 Å². The van der Waals surface area contributed by atoms with Crippen LogP contribution in [0.15, 0.2) is 29.2 Å². The molecule has 0 aliphatic rings. The van der Waals surface area contributed by atoms with Gasteiger partial charge in [0.25, 0.3) is 10.1 Å². The van der Waals surface area contributed by atoms with Gasteiger partial charge in [0.05, 0.1) is 11.5 Å². The van der Waals surface area contributed by atoms with Crippen molar-refractivity contribution in [3.05, 3.63) is 24.3 Å². The second-order valence-corrected chi connectivity index (χ2v) is 6.69. The molecule has 1 rings (SSSR count). The zero-order valence-electron chi connectivity index (χ0n) is 12.8. The molecule has 1 N–H and O–H groups in total. The van der Waals surface area contributed by atoms with E-state index >= 15 is 0 Å². The third kappa shape index (κ3) is 8.07. The molecule has 0 aliphatic carbocycles. The SMILES string of the molecule is CCCCCCCCCCOc1ccc(S(=O)(=O)O)cc1. The first-order valence-electron chi connectivity index (χ1n) is 7.74. The number of benzene rings is 1. The summed E-state index contributed by atoms with van der Waals surface area (Å²) in [5.41, 5.74) is 0. The van der Waals surface area contributed by atoms with Crippen LogP contribution in [0.25, 0.3) is 0 Å². The van der Waals surface area contributed by atoms with Gasteiger partial charge in [0.15, 0.2) is 0 Å². The van der Waals surface area contributed by atoms with Crippen LogP contribution in [0.3, 0.4) is 0 Å². The molecule has 4 nitrogen and oxygen atoms in total. The van der Waals surface area contributed by atoms with Crippen molar-refractivity contribution >= 4 is 10.1 Å². The first kappa shape index (κ1) is 18.0. The van der Waals surface area contributed by atoms with E-state index in [2.05, 4.69) is 6.92 Å². The number of unbranched alkanes of at least 4 members (excludes halogenated alkanes) is 7. The maximum Gasteiger partial charge on any atom is 0.294 e. The third-order valence-electron chi connectivity index (χ3n) is 3.39. The van der Waals surface area contributed by atoms with Crippen molar-refractivity contribution in [1.29, 1.82) is 0 Å². The van der Waals surface area contributed by atoms with Crippen molar-refractivity contribution in [3.63, 3.8) is 0 Å². The van der Waals surface area contributed by atoms with Crippen molar-refractivity contribution in [3.8, 4) is 5.75 Å². The van der Waals surface area contributed by atoms with Gasteiger partial charge in [0.1, 0.15) is 5.75 Å². The van der Waals surface area contributed by atoms with Crippen LogP contribution in [0, 0.1) is 0 Å². The van der Waals surface area contributed by atoms with Crippen LogP contribution in [0.2, 0.25) is 0 Å². The molecule has 0 saturated carbocycles. The molecule has 0 aromatic heterocycles. The van der Waals surface area contributed by atoms with Gasteiger partial charge < -0.3 is 4.74 Å². The standard InChI is InChI=1S/C16H26O4S/c1-2-3-4-5-6-7-8-9-14-20-15-10-12-16(13-11-15)21(17,18)19/h10-13H,2-9,14H2,1H3,(H,17,18,19). The van der Waals surface area contributed by atoms with Gasteiger partial charge in [-0.25, -0.2) is 0 Å². The van der Waals surface area contributed by atoms with Crippen molar-refractivity contribution < 1.29 is 17.7 Å². The summed E-state index contributed by atoms with van der Waals surface area (Å²) in [6.07, 6.45) is 9.99. The summed E-state index contributed by atoms with van der Waals surface area (Å²) < 4.78 is 36.2. The average molecular weight is 314 g/mol. The number of hydrogen-bond donors (Lipinski definition) is 1.